The fraction of sp³-hybridized carbons (Fsp3) is 0.958. The minimum absolute atomic E-state index is 0.000913. The molecule has 3 aliphatic heterocycles. The number of nitrogens with one attached hydrogen (secondary N) is 1. The van der Waals surface area contributed by atoms with Crippen molar-refractivity contribution in [2.45, 2.75) is 240 Å². The predicted octanol–water partition coefficient (Wildman–Crippen LogP) is 6.32. The van der Waals surface area contributed by atoms with E-state index in [0.29, 0.717) is 50.6 Å². The second kappa shape index (κ2) is 25.4. The molecule has 17 atom stereocenters. The Morgan fingerprint density at radius 1 is 0.864 bits per heavy atom. The number of amides is 2. The van der Waals surface area contributed by atoms with E-state index in [1.165, 1.54) is 32.6 Å². The van der Waals surface area contributed by atoms with Gasteiger partial charge in [0.2, 0.25) is 5.91 Å². The van der Waals surface area contributed by atoms with Gasteiger partial charge in [0.1, 0.15) is 48.8 Å². The number of likely N-dealkylation sites (tertiary alicyclic amines) is 1. The van der Waals surface area contributed by atoms with E-state index in [1.54, 1.807) is 4.90 Å². The van der Waals surface area contributed by atoms with Crippen molar-refractivity contribution in [2.75, 3.05) is 19.7 Å². The number of rotatable bonds is 22. The van der Waals surface area contributed by atoms with Crippen molar-refractivity contribution < 1.29 is 72.0 Å². The van der Waals surface area contributed by atoms with E-state index in [9.17, 15) is 48.3 Å². The lowest BCUT2D eigenvalue weighted by Gasteiger charge is -2.51. The number of carbonyl (C=O) groups excluding carboxylic acids is 2. The summed E-state index contributed by atoms with van der Waals surface area (Å²) < 4.78 is 73.7. The quantitative estimate of drug-likeness (QED) is 0.0402. The molecule has 2 saturated carbocycles. The van der Waals surface area contributed by atoms with E-state index in [-0.39, 0.29) is 27.1 Å². The highest BCUT2D eigenvalue weighted by atomic mass is 127. The number of halogens is 4. The van der Waals surface area contributed by atoms with Gasteiger partial charge in [0.05, 0.1) is 18.8 Å². The highest BCUT2D eigenvalue weighted by Crippen LogP contribution is 2.49. The molecule has 66 heavy (non-hydrogen) atoms. The van der Waals surface area contributed by atoms with Crippen LogP contribution in [-0.4, -0.2) is 151 Å². The number of ether oxygens (including phenoxy) is 5. The normalized spacial score (nSPS) is 38.5. The SMILES string of the molecule is CCCCCC(C)C1CCC(C[C@H](OC2C(NC(C)=O)[C@H](O[C@@H]3CC(C(I)(CC)CCCC)CC(CC)C3O[C@@H]3OC(C(F)(F)F)[C@@H](O)C(O)C3O)OC(CO)[C@@H]2O)C(=O)N2CCC2)CC1. The van der Waals surface area contributed by atoms with Crippen LogP contribution in [0.15, 0.2) is 0 Å². The summed E-state index contributed by atoms with van der Waals surface area (Å²) in [6.07, 6.45) is -10.2. The van der Waals surface area contributed by atoms with Crippen molar-refractivity contribution in [1.29, 1.82) is 0 Å². The maximum atomic E-state index is 14.2. The topological polar surface area (TPSA) is 197 Å². The molecule has 0 spiro atoms. The average Bonchev–Trinajstić information content (AvgIpc) is 3.26. The van der Waals surface area contributed by atoms with E-state index in [1.807, 2.05) is 6.92 Å². The van der Waals surface area contributed by atoms with E-state index < -0.39 is 98.4 Å². The summed E-state index contributed by atoms with van der Waals surface area (Å²) in [5, 5.41) is 57.3. The maximum absolute atomic E-state index is 14.2. The van der Waals surface area contributed by atoms with Crippen molar-refractivity contribution in [3.05, 3.63) is 0 Å². The van der Waals surface area contributed by atoms with Crippen molar-refractivity contribution >= 4 is 34.4 Å². The van der Waals surface area contributed by atoms with Crippen LogP contribution >= 0.6 is 22.6 Å². The van der Waals surface area contributed by atoms with Gasteiger partial charge in [-0.05, 0) is 81.0 Å². The molecule has 0 bridgehead atoms. The number of nitrogens with zero attached hydrogens (tertiary/aromatic N) is 1. The molecule has 0 aromatic heterocycles. The highest BCUT2D eigenvalue weighted by molar-refractivity contribution is 14.1. The molecule has 3 saturated heterocycles. The van der Waals surface area contributed by atoms with Crippen molar-refractivity contribution in [1.82, 2.24) is 10.2 Å². The van der Waals surface area contributed by atoms with Crippen LogP contribution in [0.5, 0.6) is 0 Å². The van der Waals surface area contributed by atoms with Crippen LogP contribution in [0.25, 0.3) is 0 Å². The van der Waals surface area contributed by atoms with Gasteiger partial charge in [-0.25, -0.2) is 0 Å². The Balaban J connectivity index is 1.46. The summed E-state index contributed by atoms with van der Waals surface area (Å²) in [5.41, 5.74) is 0. The molecule has 5 aliphatic rings. The monoisotopic (exact) mass is 1060 g/mol. The first-order chi connectivity index (χ1) is 31.3. The summed E-state index contributed by atoms with van der Waals surface area (Å²) in [6.45, 7) is 12.5. The molecular weight excluding hydrogens is 980 g/mol. The van der Waals surface area contributed by atoms with Crippen molar-refractivity contribution in [2.24, 2.45) is 29.6 Å². The summed E-state index contributed by atoms with van der Waals surface area (Å²) in [5.74, 6) is 0.332. The summed E-state index contributed by atoms with van der Waals surface area (Å²) in [4.78, 5) is 29.1. The highest BCUT2D eigenvalue weighted by Gasteiger charge is 2.58. The molecule has 0 radical (unpaired) electrons. The Hall–Kier alpha value is -0.940. The Bertz CT molecular complexity index is 1490. The predicted molar refractivity (Wildman–Crippen MR) is 248 cm³/mol. The molecule has 2 amide bonds. The Labute approximate surface area is 404 Å². The summed E-state index contributed by atoms with van der Waals surface area (Å²) >= 11 is 2.51. The first kappa shape index (κ1) is 56.0. The van der Waals surface area contributed by atoms with E-state index >= 15 is 0 Å². The van der Waals surface area contributed by atoms with Gasteiger partial charge in [-0.2, -0.15) is 13.2 Å². The Morgan fingerprint density at radius 3 is 2.11 bits per heavy atom. The van der Waals surface area contributed by atoms with Gasteiger partial charge >= 0.3 is 6.18 Å². The largest absolute Gasteiger partial charge is 0.417 e. The Kier molecular flexibility index (Phi) is 21.6. The molecule has 5 fully saturated rings. The smallest absolute Gasteiger partial charge is 0.394 e. The lowest BCUT2D eigenvalue weighted by Crippen LogP contribution is -2.68. The fourth-order valence-corrected chi connectivity index (χ4v) is 12.2. The number of aliphatic hydroxyl groups is 5. The number of hydrogen-bond donors (Lipinski definition) is 6. The first-order valence-corrected chi connectivity index (χ1v) is 26.3. The molecule has 3 heterocycles. The van der Waals surface area contributed by atoms with E-state index in [4.69, 9.17) is 23.7 Å². The first-order valence-electron chi connectivity index (χ1n) is 25.2. The molecule has 14 nitrogen and oxygen atoms in total. The molecule has 2 aliphatic carbocycles. The molecule has 0 aromatic rings. The van der Waals surface area contributed by atoms with Crippen LogP contribution < -0.4 is 5.32 Å². The zero-order chi connectivity index (χ0) is 48.5. The third-order valence-electron chi connectivity index (χ3n) is 15.7. The molecule has 0 aromatic carbocycles. The van der Waals surface area contributed by atoms with Crippen molar-refractivity contribution in [3.8, 4) is 0 Å². The molecule has 5 rings (SSSR count). The van der Waals surface area contributed by atoms with E-state index in [2.05, 4.69) is 55.6 Å². The molecule has 18 heteroatoms. The van der Waals surface area contributed by atoms with Gasteiger partial charge in [0.15, 0.2) is 18.7 Å². The van der Waals surface area contributed by atoms with Crippen LogP contribution in [0.2, 0.25) is 0 Å². The Morgan fingerprint density at radius 2 is 1.55 bits per heavy atom. The second-order valence-electron chi connectivity index (χ2n) is 20.2. The molecule has 11 unspecified atom stereocenters. The average molecular weight is 1060 g/mol. The minimum atomic E-state index is -5.10. The van der Waals surface area contributed by atoms with Crippen LogP contribution in [0.1, 0.15) is 151 Å². The van der Waals surface area contributed by atoms with E-state index in [0.717, 1.165) is 57.8 Å². The lowest BCUT2D eigenvalue weighted by atomic mass is 9.69. The zero-order valence-corrected chi connectivity index (χ0v) is 42.2. The third-order valence-corrected chi connectivity index (χ3v) is 17.9. The van der Waals surface area contributed by atoms with Gasteiger partial charge in [0, 0.05) is 23.4 Å². The molecule has 384 valence electrons. The standard InChI is InChI=1S/C48H82F3IN2O12/c1-7-11-13-15-27(5)31-18-16-29(17-19-31)23-34(44(61)54-21-14-22-54)62-42-36(53-28(6)56)45(64-35(26-55)37(42)57)63-33-25-32(47(52,10-4)20-12-8-2)24-30(9-3)41(33)65-46-40(60)38(58)39(59)43(66-46)48(49,50)51/h27,29-43,45-46,55,57-60H,7-26H2,1-6H3,(H,53,56)/t27?,29?,30?,31?,32?,33-,34+,35?,36?,37+,38?,39+,40?,41?,42?,43?,45-,46-,47?/m1/s1. The van der Waals surface area contributed by atoms with Crippen LogP contribution in [-0.2, 0) is 33.3 Å². The minimum Gasteiger partial charge on any atom is -0.394 e. The number of alkyl halides is 4. The van der Waals surface area contributed by atoms with Crippen LogP contribution in [0.4, 0.5) is 13.2 Å². The van der Waals surface area contributed by atoms with Crippen molar-refractivity contribution in [3.63, 3.8) is 0 Å². The summed E-state index contributed by atoms with van der Waals surface area (Å²) in [6, 6.07) is -1.23. The number of unbranched alkanes of at least 4 members (excludes halogenated alkanes) is 3. The third kappa shape index (κ3) is 13.9. The van der Waals surface area contributed by atoms with Gasteiger partial charge in [0.25, 0.3) is 5.91 Å². The fourth-order valence-electron chi connectivity index (χ4n) is 11.3. The number of aliphatic hydroxyl groups excluding tert-OH is 5. The van der Waals surface area contributed by atoms with Gasteiger partial charge < -0.3 is 59.4 Å². The van der Waals surface area contributed by atoms with Crippen LogP contribution in [0.3, 0.4) is 0 Å². The molecule has 6 N–H and O–H groups in total. The van der Waals surface area contributed by atoms with Gasteiger partial charge in [-0.3, -0.25) is 9.59 Å². The van der Waals surface area contributed by atoms with Gasteiger partial charge in [-0.15, -0.1) is 0 Å². The zero-order valence-electron chi connectivity index (χ0n) is 40.1. The lowest BCUT2D eigenvalue weighted by molar-refractivity contribution is -0.373. The summed E-state index contributed by atoms with van der Waals surface area (Å²) in [7, 11) is 0. The number of carbonyl (C=O) groups is 2. The van der Waals surface area contributed by atoms with Gasteiger partial charge in [-0.1, -0.05) is 115 Å². The number of hydrogen-bond acceptors (Lipinski definition) is 12. The van der Waals surface area contributed by atoms with Crippen LogP contribution in [0, 0.1) is 29.6 Å². The maximum Gasteiger partial charge on any atom is 0.417 e. The molecular formula is C48H82F3IN2O12. The second-order valence-corrected chi connectivity index (χ2v) is 22.4.